The zero-order valence-corrected chi connectivity index (χ0v) is 10.6. The van der Waals surface area contributed by atoms with E-state index >= 15 is 0 Å². The van der Waals surface area contributed by atoms with Crippen molar-refractivity contribution in [1.82, 2.24) is 0 Å². The Morgan fingerprint density at radius 1 is 1.53 bits per heavy atom. The third-order valence-electron chi connectivity index (χ3n) is 3.09. The van der Waals surface area contributed by atoms with Gasteiger partial charge in [-0.2, -0.15) is 5.26 Å². The molecular formula is C12H11BrN2O2. The maximum absolute atomic E-state index is 11.2. The lowest BCUT2D eigenvalue weighted by molar-refractivity contribution is -0.145. The lowest BCUT2D eigenvalue weighted by Crippen LogP contribution is -2.52. The molecule has 0 heterocycles. The fraction of sp³-hybridized carbons (Fsp3) is 0.333. The third kappa shape index (κ3) is 2.13. The number of carbonyl (C=O) groups is 1. The molecule has 5 heteroatoms. The van der Waals surface area contributed by atoms with E-state index in [2.05, 4.69) is 27.3 Å². The molecule has 88 valence electrons. The SMILES string of the molecule is N#Cc1cc(Br)ccc1NC1(C(=O)O)CCC1. The van der Waals surface area contributed by atoms with Gasteiger partial charge in [0, 0.05) is 4.47 Å². The molecule has 0 bridgehead atoms. The van der Waals surface area contributed by atoms with Gasteiger partial charge >= 0.3 is 5.97 Å². The second-order valence-electron chi connectivity index (χ2n) is 4.17. The number of anilines is 1. The molecule has 0 saturated heterocycles. The molecule has 2 N–H and O–H groups in total. The van der Waals surface area contributed by atoms with Crippen LogP contribution in [0.3, 0.4) is 0 Å². The van der Waals surface area contributed by atoms with E-state index in [0.29, 0.717) is 24.1 Å². The Morgan fingerprint density at radius 2 is 2.24 bits per heavy atom. The van der Waals surface area contributed by atoms with Crippen LogP contribution in [0.4, 0.5) is 5.69 Å². The molecule has 4 nitrogen and oxygen atoms in total. The van der Waals surface area contributed by atoms with Crippen LogP contribution in [0.15, 0.2) is 22.7 Å². The molecular weight excluding hydrogens is 284 g/mol. The number of carboxylic acids is 1. The van der Waals surface area contributed by atoms with Gasteiger partial charge in [0.05, 0.1) is 11.3 Å². The Hall–Kier alpha value is -1.54. The average molecular weight is 295 g/mol. The van der Waals surface area contributed by atoms with Gasteiger partial charge in [0.25, 0.3) is 0 Å². The smallest absolute Gasteiger partial charge is 0.329 e. The molecule has 0 unspecified atom stereocenters. The standard InChI is InChI=1S/C12H11BrN2O2/c13-9-2-3-10(8(6-9)7-14)15-12(11(16)17)4-1-5-12/h2-3,6,15H,1,4-5H2,(H,16,17). The van der Waals surface area contributed by atoms with Gasteiger partial charge in [0.1, 0.15) is 11.6 Å². The second kappa shape index (κ2) is 4.38. The Balaban J connectivity index is 2.30. The molecule has 0 amide bonds. The Labute approximate surface area is 107 Å². The Morgan fingerprint density at radius 3 is 2.71 bits per heavy atom. The first kappa shape index (κ1) is 11.9. The van der Waals surface area contributed by atoms with Crippen molar-refractivity contribution in [2.45, 2.75) is 24.8 Å². The van der Waals surface area contributed by atoms with Crippen LogP contribution in [0.25, 0.3) is 0 Å². The minimum absolute atomic E-state index is 0.451. The number of nitrogens with one attached hydrogen (secondary N) is 1. The molecule has 0 aliphatic heterocycles. The monoisotopic (exact) mass is 294 g/mol. The molecule has 2 rings (SSSR count). The largest absolute Gasteiger partial charge is 0.480 e. The van der Waals surface area contributed by atoms with Crippen molar-refractivity contribution in [3.8, 4) is 6.07 Å². The summed E-state index contributed by atoms with van der Waals surface area (Å²) in [7, 11) is 0. The van der Waals surface area contributed by atoms with Crippen molar-refractivity contribution >= 4 is 27.6 Å². The summed E-state index contributed by atoms with van der Waals surface area (Å²) in [4.78, 5) is 11.2. The molecule has 1 aliphatic rings. The van der Waals surface area contributed by atoms with Crippen LogP contribution in [-0.2, 0) is 4.79 Å². The predicted octanol–water partition coefficient (Wildman–Crippen LogP) is 2.74. The highest BCUT2D eigenvalue weighted by Gasteiger charge is 2.44. The van der Waals surface area contributed by atoms with E-state index in [-0.39, 0.29) is 0 Å². The number of halogens is 1. The lowest BCUT2D eigenvalue weighted by Gasteiger charge is -2.39. The average Bonchev–Trinajstić information content (AvgIpc) is 2.24. The summed E-state index contributed by atoms with van der Waals surface area (Å²) in [5, 5.41) is 21.2. The van der Waals surface area contributed by atoms with E-state index in [1.54, 1.807) is 18.2 Å². The van der Waals surface area contributed by atoms with Gasteiger partial charge in [0.2, 0.25) is 0 Å². The summed E-state index contributed by atoms with van der Waals surface area (Å²) in [5.41, 5.74) is 0.143. The highest BCUT2D eigenvalue weighted by molar-refractivity contribution is 9.10. The first-order valence-corrected chi connectivity index (χ1v) is 6.08. The van der Waals surface area contributed by atoms with Crippen molar-refractivity contribution in [2.75, 3.05) is 5.32 Å². The number of hydrogen-bond acceptors (Lipinski definition) is 3. The summed E-state index contributed by atoms with van der Waals surface area (Å²) in [5.74, 6) is -0.851. The molecule has 17 heavy (non-hydrogen) atoms. The van der Waals surface area contributed by atoms with Crippen molar-refractivity contribution in [3.63, 3.8) is 0 Å². The van der Waals surface area contributed by atoms with Crippen molar-refractivity contribution < 1.29 is 9.90 Å². The van der Waals surface area contributed by atoms with Crippen LogP contribution in [0.2, 0.25) is 0 Å². The fourth-order valence-corrected chi connectivity index (χ4v) is 2.26. The number of benzene rings is 1. The first-order chi connectivity index (χ1) is 8.07. The van der Waals surface area contributed by atoms with Gasteiger partial charge in [-0.05, 0) is 37.5 Å². The van der Waals surface area contributed by atoms with E-state index < -0.39 is 11.5 Å². The Kier molecular flexibility index (Phi) is 3.07. The highest BCUT2D eigenvalue weighted by atomic mass is 79.9. The lowest BCUT2D eigenvalue weighted by atomic mass is 9.76. The molecule has 1 saturated carbocycles. The van der Waals surface area contributed by atoms with Gasteiger partial charge in [-0.25, -0.2) is 4.79 Å². The van der Waals surface area contributed by atoms with Gasteiger partial charge in [0.15, 0.2) is 0 Å². The molecule has 0 aromatic heterocycles. The molecule has 1 aromatic rings. The van der Waals surface area contributed by atoms with Crippen LogP contribution >= 0.6 is 15.9 Å². The molecule has 0 atom stereocenters. The zero-order chi connectivity index (χ0) is 12.5. The summed E-state index contributed by atoms with van der Waals surface area (Å²) >= 11 is 3.28. The van der Waals surface area contributed by atoms with Crippen LogP contribution < -0.4 is 5.32 Å². The number of rotatable bonds is 3. The third-order valence-corrected chi connectivity index (χ3v) is 3.59. The maximum Gasteiger partial charge on any atom is 0.329 e. The number of aliphatic carboxylic acids is 1. The molecule has 1 aliphatic carbocycles. The van der Waals surface area contributed by atoms with Gasteiger partial charge in [-0.3, -0.25) is 0 Å². The van der Waals surface area contributed by atoms with Crippen molar-refractivity contribution in [3.05, 3.63) is 28.2 Å². The van der Waals surface area contributed by atoms with E-state index in [0.717, 1.165) is 10.9 Å². The summed E-state index contributed by atoms with van der Waals surface area (Å²) in [6.45, 7) is 0. The van der Waals surface area contributed by atoms with E-state index in [9.17, 15) is 9.90 Å². The highest BCUT2D eigenvalue weighted by Crippen LogP contribution is 2.36. The van der Waals surface area contributed by atoms with Crippen LogP contribution in [0.1, 0.15) is 24.8 Å². The normalized spacial score (nSPS) is 16.7. The maximum atomic E-state index is 11.2. The minimum Gasteiger partial charge on any atom is -0.480 e. The number of nitrogens with zero attached hydrogens (tertiary/aromatic N) is 1. The number of hydrogen-bond donors (Lipinski definition) is 2. The summed E-state index contributed by atoms with van der Waals surface area (Å²) < 4.78 is 0.803. The fourth-order valence-electron chi connectivity index (χ4n) is 1.90. The predicted molar refractivity (Wildman–Crippen MR) is 66.7 cm³/mol. The molecule has 1 fully saturated rings. The number of nitriles is 1. The Bertz CT molecular complexity index is 504. The number of carboxylic acid groups (broad SMARTS) is 1. The molecule has 1 aromatic carbocycles. The molecule has 0 radical (unpaired) electrons. The van der Waals surface area contributed by atoms with E-state index in [4.69, 9.17) is 5.26 Å². The quantitative estimate of drug-likeness (QED) is 0.899. The van der Waals surface area contributed by atoms with Crippen LogP contribution in [0.5, 0.6) is 0 Å². The second-order valence-corrected chi connectivity index (χ2v) is 5.08. The minimum atomic E-state index is -0.889. The van der Waals surface area contributed by atoms with Gasteiger partial charge < -0.3 is 10.4 Å². The molecule has 0 spiro atoms. The summed E-state index contributed by atoms with van der Waals surface area (Å²) in [6.07, 6.45) is 2.10. The first-order valence-electron chi connectivity index (χ1n) is 5.29. The van der Waals surface area contributed by atoms with Crippen LogP contribution in [-0.4, -0.2) is 16.6 Å². The van der Waals surface area contributed by atoms with Crippen molar-refractivity contribution in [2.24, 2.45) is 0 Å². The van der Waals surface area contributed by atoms with E-state index in [1.807, 2.05) is 0 Å². The van der Waals surface area contributed by atoms with Gasteiger partial charge in [-0.1, -0.05) is 15.9 Å². The zero-order valence-electron chi connectivity index (χ0n) is 9.03. The van der Waals surface area contributed by atoms with E-state index in [1.165, 1.54) is 0 Å². The topological polar surface area (TPSA) is 73.1 Å². The summed E-state index contributed by atoms with van der Waals surface area (Å²) in [6, 6.07) is 7.25. The van der Waals surface area contributed by atoms with Crippen molar-refractivity contribution in [1.29, 1.82) is 5.26 Å². The van der Waals surface area contributed by atoms with Gasteiger partial charge in [-0.15, -0.1) is 0 Å². The van der Waals surface area contributed by atoms with Crippen LogP contribution in [0, 0.1) is 11.3 Å².